The first-order valence-electron chi connectivity index (χ1n) is 7.18. The SMILES string of the molecule is CNCC1(CN2CCC(OC)CC2)CCCC1. The van der Waals surface area contributed by atoms with Gasteiger partial charge in [0.1, 0.15) is 0 Å². The van der Waals surface area contributed by atoms with Gasteiger partial charge in [0.25, 0.3) is 0 Å². The molecule has 0 aromatic heterocycles. The van der Waals surface area contributed by atoms with Crippen molar-refractivity contribution in [3.05, 3.63) is 0 Å². The fourth-order valence-electron chi connectivity index (χ4n) is 3.67. The van der Waals surface area contributed by atoms with E-state index in [2.05, 4.69) is 17.3 Å². The molecule has 3 heteroatoms. The third kappa shape index (κ3) is 3.43. The summed E-state index contributed by atoms with van der Waals surface area (Å²) in [6, 6.07) is 0. The number of rotatable bonds is 5. The van der Waals surface area contributed by atoms with Gasteiger partial charge in [-0.2, -0.15) is 0 Å². The van der Waals surface area contributed by atoms with Gasteiger partial charge in [0.15, 0.2) is 0 Å². The predicted molar refractivity (Wildman–Crippen MR) is 71.3 cm³/mol. The molecule has 0 spiro atoms. The molecule has 2 fully saturated rings. The lowest BCUT2D eigenvalue weighted by atomic mass is 9.85. The normalized spacial score (nSPS) is 26.5. The second-order valence-electron chi connectivity index (χ2n) is 5.95. The number of likely N-dealkylation sites (tertiary alicyclic amines) is 1. The highest BCUT2D eigenvalue weighted by molar-refractivity contribution is 4.90. The molecule has 1 N–H and O–H groups in total. The third-order valence-electron chi connectivity index (χ3n) is 4.64. The second-order valence-corrected chi connectivity index (χ2v) is 5.95. The molecular formula is C14H28N2O. The van der Waals surface area contributed by atoms with E-state index in [9.17, 15) is 0 Å². The number of nitrogens with one attached hydrogen (secondary N) is 1. The van der Waals surface area contributed by atoms with Gasteiger partial charge in [-0.25, -0.2) is 0 Å². The van der Waals surface area contributed by atoms with Crippen LogP contribution in [0, 0.1) is 5.41 Å². The molecule has 3 nitrogen and oxygen atoms in total. The van der Waals surface area contributed by atoms with Gasteiger partial charge in [-0.05, 0) is 38.1 Å². The summed E-state index contributed by atoms with van der Waals surface area (Å²) in [7, 11) is 3.94. The van der Waals surface area contributed by atoms with E-state index in [0.717, 1.165) is 0 Å². The van der Waals surface area contributed by atoms with Crippen molar-refractivity contribution in [2.45, 2.75) is 44.6 Å². The number of methoxy groups -OCH3 is 1. The van der Waals surface area contributed by atoms with Crippen molar-refractivity contribution in [1.82, 2.24) is 10.2 Å². The van der Waals surface area contributed by atoms with Crippen molar-refractivity contribution in [2.24, 2.45) is 5.41 Å². The van der Waals surface area contributed by atoms with Crippen LogP contribution in [0.2, 0.25) is 0 Å². The van der Waals surface area contributed by atoms with E-state index in [4.69, 9.17) is 4.74 Å². The summed E-state index contributed by atoms with van der Waals surface area (Å²) in [5.74, 6) is 0. The molecule has 2 rings (SSSR count). The zero-order valence-electron chi connectivity index (χ0n) is 11.5. The average molecular weight is 240 g/mol. The molecule has 100 valence electrons. The molecule has 0 bridgehead atoms. The van der Waals surface area contributed by atoms with E-state index >= 15 is 0 Å². The Hall–Kier alpha value is -0.120. The molecule has 1 aliphatic heterocycles. The molecule has 0 aromatic carbocycles. The topological polar surface area (TPSA) is 24.5 Å². The first kappa shape index (κ1) is 13.3. The summed E-state index contributed by atoms with van der Waals surface area (Å²) in [5.41, 5.74) is 0.564. The Morgan fingerprint density at radius 1 is 1.24 bits per heavy atom. The van der Waals surface area contributed by atoms with Gasteiger partial charge < -0.3 is 15.0 Å². The van der Waals surface area contributed by atoms with Crippen LogP contribution in [-0.4, -0.2) is 51.3 Å². The number of nitrogens with zero attached hydrogens (tertiary/aromatic N) is 1. The summed E-state index contributed by atoms with van der Waals surface area (Å²) in [4.78, 5) is 2.66. The molecule has 0 radical (unpaired) electrons. The van der Waals surface area contributed by atoms with E-state index in [-0.39, 0.29) is 0 Å². The van der Waals surface area contributed by atoms with E-state index in [1.165, 1.54) is 64.7 Å². The number of piperidine rings is 1. The highest BCUT2D eigenvalue weighted by atomic mass is 16.5. The minimum Gasteiger partial charge on any atom is -0.381 e. The number of hydrogen-bond donors (Lipinski definition) is 1. The largest absolute Gasteiger partial charge is 0.381 e. The van der Waals surface area contributed by atoms with Gasteiger partial charge >= 0.3 is 0 Å². The molecule has 1 saturated heterocycles. The van der Waals surface area contributed by atoms with Gasteiger partial charge in [-0.15, -0.1) is 0 Å². The van der Waals surface area contributed by atoms with Crippen molar-refractivity contribution in [1.29, 1.82) is 0 Å². The summed E-state index contributed by atoms with van der Waals surface area (Å²) in [6.07, 6.45) is 8.62. The lowest BCUT2D eigenvalue weighted by molar-refractivity contribution is 0.0267. The van der Waals surface area contributed by atoms with Crippen LogP contribution in [0.25, 0.3) is 0 Å². The van der Waals surface area contributed by atoms with E-state index < -0.39 is 0 Å². The maximum absolute atomic E-state index is 5.44. The number of ether oxygens (including phenoxy) is 1. The molecule has 0 unspecified atom stereocenters. The van der Waals surface area contributed by atoms with Gasteiger partial charge in [-0.3, -0.25) is 0 Å². The fourth-order valence-corrected chi connectivity index (χ4v) is 3.67. The van der Waals surface area contributed by atoms with Crippen LogP contribution in [0.4, 0.5) is 0 Å². The third-order valence-corrected chi connectivity index (χ3v) is 4.64. The Morgan fingerprint density at radius 2 is 1.88 bits per heavy atom. The molecule has 1 heterocycles. The van der Waals surface area contributed by atoms with Gasteiger partial charge in [0.05, 0.1) is 6.10 Å². The maximum Gasteiger partial charge on any atom is 0.0595 e. The minimum absolute atomic E-state index is 0.509. The first-order valence-corrected chi connectivity index (χ1v) is 7.18. The molecule has 0 aromatic rings. The summed E-state index contributed by atoms with van der Waals surface area (Å²) in [6.45, 7) is 4.94. The van der Waals surface area contributed by atoms with Gasteiger partial charge in [0, 0.05) is 33.3 Å². The van der Waals surface area contributed by atoms with Crippen molar-refractivity contribution in [2.75, 3.05) is 40.3 Å². The smallest absolute Gasteiger partial charge is 0.0595 e. The lowest BCUT2D eigenvalue weighted by Crippen LogP contribution is -2.45. The summed E-state index contributed by atoms with van der Waals surface area (Å²) >= 11 is 0. The Bertz CT molecular complexity index is 218. The average Bonchev–Trinajstić information content (AvgIpc) is 2.79. The fraction of sp³-hybridized carbons (Fsp3) is 1.00. The predicted octanol–water partition coefficient (Wildman–Crippen LogP) is 1.88. The molecular weight excluding hydrogens is 212 g/mol. The minimum atomic E-state index is 0.509. The lowest BCUT2D eigenvalue weighted by Gasteiger charge is -2.38. The summed E-state index contributed by atoms with van der Waals surface area (Å²) in [5, 5.41) is 3.41. The zero-order valence-corrected chi connectivity index (χ0v) is 11.5. The first-order chi connectivity index (χ1) is 8.28. The monoisotopic (exact) mass is 240 g/mol. The van der Waals surface area contributed by atoms with Crippen LogP contribution in [0.15, 0.2) is 0 Å². The van der Waals surface area contributed by atoms with Crippen LogP contribution in [0.1, 0.15) is 38.5 Å². The molecule has 17 heavy (non-hydrogen) atoms. The number of hydrogen-bond acceptors (Lipinski definition) is 3. The van der Waals surface area contributed by atoms with Gasteiger partial charge in [0.2, 0.25) is 0 Å². The van der Waals surface area contributed by atoms with Crippen molar-refractivity contribution >= 4 is 0 Å². The van der Waals surface area contributed by atoms with Crippen molar-refractivity contribution in [3.8, 4) is 0 Å². The van der Waals surface area contributed by atoms with Crippen molar-refractivity contribution < 1.29 is 4.74 Å². The van der Waals surface area contributed by atoms with Crippen molar-refractivity contribution in [3.63, 3.8) is 0 Å². The molecule has 0 atom stereocenters. The highest BCUT2D eigenvalue weighted by Crippen LogP contribution is 2.38. The van der Waals surface area contributed by atoms with Crippen LogP contribution in [-0.2, 0) is 4.74 Å². The highest BCUT2D eigenvalue weighted by Gasteiger charge is 2.35. The van der Waals surface area contributed by atoms with E-state index in [1.807, 2.05) is 7.11 Å². The Morgan fingerprint density at radius 3 is 2.41 bits per heavy atom. The van der Waals surface area contributed by atoms with Gasteiger partial charge in [-0.1, -0.05) is 12.8 Å². The van der Waals surface area contributed by atoms with E-state index in [1.54, 1.807) is 0 Å². The molecule has 0 amide bonds. The quantitative estimate of drug-likeness (QED) is 0.794. The van der Waals surface area contributed by atoms with Crippen LogP contribution in [0.3, 0.4) is 0 Å². The second kappa shape index (κ2) is 6.17. The zero-order chi connectivity index (χ0) is 12.1. The van der Waals surface area contributed by atoms with Crippen LogP contribution in [0.5, 0.6) is 0 Å². The maximum atomic E-state index is 5.44. The Balaban J connectivity index is 1.82. The standard InChI is InChI=1S/C14H28N2O/c1-15-11-14(7-3-4-8-14)12-16-9-5-13(17-2)6-10-16/h13,15H,3-12H2,1-2H3. The Kier molecular flexibility index (Phi) is 4.83. The Labute approximate surface area is 106 Å². The summed E-state index contributed by atoms with van der Waals surface area (Å²) < 4.78 is 5.44. The van der Waals surface area contributed by atoms with Crippen LogP contribution >= 0.6 is 0 Å². The molecule has 1 aliphatic carbocycles. The molecule has 1 saturated carbocycles. The molecule has 2 aliphatic rings. The van der Waals surface area contributed by atoms with Crippen LogP contribution < -0.4 is 5.32 Å². The van der Waals surface area contributed by atoms with E-state index in [0.29, 0.717) is 11.5 Å².